The molecule has 0 saturated carbocycles. The minimum Gasteiger partial charge on any atom is -0.294 e. The standard InChI is InChI=1S/C24H48IN5O2S2/c1-3-4-5-6-7-8-9-10-11-12-13-14-15-16-20-33-22-24(30-23(2)26-27-28-30)21-29(34(31)32)19-17-18-25/h24H,3-22H2,1-2H3,(H,31,32). The Morgan fingerprint density at radius 3 is 2.00 bits per heavy atom. The first-order valence-electron chi connectivity index (χ1n) is 13.3. The van der Waals surface area contributed by atoms with Crippen molar-refractivity contribution in [2.45, 2.75) is 116 Å². The van der Waals surface area contributed by atoms with Crippen molar-refractivity contribution in [3.05, 3.63) is 5.82 Å². The second kappa shape index (κ2) is 22.4. The van der Waals surface area contributed by atoms with E-state index in [1.807, 2.05) is 23.4 Å². The van der Waals surface area contributed by atoms with Crippen molar-refractivity contribution in [2.75, 3.05) is 29.0 Å². The van der Waals surface area contributed by atoms with E-state index in [2.05, 4.69) is 45.0 Å². The van der Waals surface area contributed by atoms with Crippen LogP contribution in [0.25, 0.3) is 0 Å². The molecule has 34 heavy (non-hydrogen) atoms. The van der Waals surface area contributed by atoms with Crippen LogP contribution in [-0.2, 0) is 11.3 Å². The Morgan fingerprint density at radius 2 is 1.53 bits per heavy atom. The van der Waals surface area contributed by atoms with Gasteiger partial charge in [-0.2, -0.15) is 16.1 Å². The van der Waals surface area contributed by atoms with Crippen molar-refractivity contribution in [2.24, 2.45) is 0 Å². The molecule has 0 aromatic carbocycles. The molecule has 0 bridgehead atoms. The van der Waals surface area contributed by atoms with E-state index in [0.717, 1.165) is 28.2 Å². The third-order valence-electron chi connectivity index (χ3n) is 6.13. The highest BCUT2D eigenvalue weighted by Gasteiger charge is 2.22. The molecular formula is C24H48IN5O2S2. The van der Waals surface area contributed by atoms with E-state index < -0.39 is 11.3 Å². The highest BCUT2D eigenvalue weighted by Crippen LogP contribution is 2.19. The summed E-state index contributed by atoms with van der Waals surface area (Å²) in [5.41, 5.74) is 0. The van der Waals surface area contributed by atoms with Crippen molar-refractivity contribution in [3.63, 3.8) is 0 Å². The summed E-state index contributed by atoms with van der Waals surface area (Å²) in [6, 6.07) is -0.00282. The number of hydrogen-bond acceptors (Lipinski definition) is 5. The van der Waals surface area contributed by atoms with E-state index >= 15 is 0 Å². The molecule has 7 nitrogen and oxygen atoms in total. The molecule has 1 rings (SSSR count). The lowest BCUT2D eigenvalue weighted by atomic mass is 10.0. The Kier molecular flexibility index (Phi) is 21.3. The Morgan fingerprint density at radius 1 is 0.971 bits per heavy atom. The van der Waals surface area contributed by atoms with Gasteiger partial charge in [-0.15, -0.1) is 5.10 Å². The first-order valence-corrected chi connectivity index (χ1v) is 17.1. The minimum atomic E-state index is -1.97. The van der Waals surface area contributed by atoms with Crippen molar-refractivity contribution >= 4 is 45.6 Å². The Bertz CT molecular complexity index is 624. The van der Waals surface area contributed by atoms with Gasteiger partial charge < -0.3 is 0 Å². The molecule has 1 heterocycles. The van der Waals surface area contributed by atoms with E-state index in [0.29, 0.717) is 13.1 Å². The van der Waals surface area contributed by atoms with Crippen molar-refractivity contribution in [3.8, 4) is 0 Å². The molecule has 1 N–H and O–H groups in total. The van der Waals surface area contributed by atoms with Crippen LogP contribution in [0.1, 0.15) is 115 Å². The summed E-state index contributed by atoms with van der Waals surface area (Å²) < 4.78 is 25.9. The van der Waals surface area contributed by atoms with E-state index in [-0.39, 0.29) is 6.04 Å². The fraction of sp³-hybridized carbons (Fsp3) is 0.958. The number of nitrogens with zero attached hydrogens (tertiary/aromatic N) is 5. The molecule has 0 fully saturated rings. The number of rotatable bonds is 24. The maximum atomic E-state index is 11.8. The predicted molar refractivity (Wildman–Crippen MR) is 155 cm³/mol. The number of tetrazole rings is 1. The van der Waals surface area contributed by atoms with Crippen LogP contribution in [0.15, 0.2) is 0 Å². The normalized spacial score (nSPS) is 13.6. The van der Waals surface area contributed by atoms with Gasteiger partial charge in [-0.3, -0.25) is 4.55 Å². The minimum absolute atomic E-state index is 0.00282. The van der Waals surface area contributed by atoms with Gasteiger partial charge >= 0.3 is 0 Å². The van der Waals surface area contributed by atoms with Crippen molar-refractivity contribution in [1.82, 2.24) is 24.5 Å². The summed E-state index contributed by atoms with van der Waals surface area (Å²) in [5.74, 6) is 2.72. The summed E-state index contributed by atoms with van der Waals surface area (Å²) in [6.07, 6.45) is 20.2. The lowest BCUT2D eigenvalue weighted by molar-refractivity contribution is 0.329. The van der Waals surface area contributed by atoms with Crippen LogP contribution in [0.3, 0.4) is 0 Å². The average Bonchev–Trinajstić information content (AvgIpc) is 3.25. The van der Waals surface area contributed by atoms with E-state index in [4.69, 9.17) is 0 Å². The van der Waals surface area contributed by atoms with Crippen molar-refractivity contribution in [1.29, 1.82) is 0 Å². The molecule has 0 amide bonds. The molecule has 0 aliphatic carbocycles. The third kappa shape index (κ3) is 16.1. The lowest BCUT2D eigenvalue weighted by Crippen LogP contribution is -2.35. The van der Waals surface area contributed by atoms with E-state index in [1.165, 1.54) is 89.9 Å². The quantitative estimate of drug-likeness (QED) is 0.0574. The maximum Gasteiger partial charge on any atom is 0.234 e. The van der Waals surface area contributed by atoms with Crippen LogP contribution in [0.4, 0.5) is 0 Å². The summed E-state index contributed by atoms with van der Waals surface area (Å²) in [6.45, 7) is 5.25. The SMILES string of the molecule is CCCCCCCCCCCCCCCCSCC(CN(CCCI)S(=O)O)n1nnnc1C. The van der Waals surface area contributed by atoms with E-state index in [1.54, 1.807) is 4.31 Å². The molecule has 0 aliphatic heterocycles. The first-order chi connectivity index (χ1) is 16.6. The van der Waals surface area contributed by atoms with Gasteiger partial charge in [0.1, 0.15) is 5.82 Å². The Labute approximate surface area is 228 Å². The fourth-order valence-corrected chi connectivity index (χ4v) is 6.12. The summed E-state index contributed by atoms with van der Waals surface area (Å²) in [5, 5.41) is 11.9. The van der Waals surface area contributed by atoms with Gasteiger partial charge in [0.05, 0.1) is 6.04 Å². The fourth-order valence-electron chi connectivity index (χ4n) is 4.10. The third-order valence-corrected chi connectivity index (χ3v) is 8.87. The second-order valence-corrected chi connectivity index (χ2v) is 12.4. The average molecular weight is 630 g/mol. The Hall–Kier alpha value is 0.220. The van der Waals surface area contributed by atoms with Gasteiger partial charge in [0.25, 0.3) is 0 Å². The zero-order valence-electron chi connectivity index (χ0n) is 21.5. The molecular weight excluding hydrogens is 581 g/mol. The van der Waals surface area contributed by atoms with Gasteiger partial charge in [-0.1, -0.05) is 113 Å². The summed E-state index contributed by atoms with van der Waals surface area (Å²) in [4.78, 5) is 0. The van der Waals surface area contributed by atoms with Crippen LogP contribution in [0.2, 0.25) is 0 Å². The van der Waals surface area contributed by atoms with Crippen LogP contribution in [0, 0.1) is 6.92 Å². The number of thioether (sulfide) groups is 1. The second-order valence-electron chi connectivity index (χ2n) is 9.16. The zero-order valence-corrected chi connectivity index (χ0v) is 25.3. The topological polar surface area (TPSA) is 84.1 Å². The lowest BCUT2D eigenvalue weighted by Gasteiger charge is -2.24. The van der Waals surface area contributed by atoms with Crippen LogP contribution in [-0.4, -0.2) is 62.3 Å². The van der Waals surface area contributed by atoms with Gasteiger partial charge in [0.2, 0.25) is 11.3 Å². The summed E-state index contributed by atoms with van der Waals surface area (Å²) in [7, 11) is 0. The number of halogens is 1. The largest absolute Gasteiger partial charge is 0.294 e. The van der Waals surface area contributed by atoms with Gasteiger partial charge in [0, 0.05) is 23.3 Å². The Balaban J connectivity index is 2.13. The molecule has 0 spiro atoms. The van der Waals surface area contributed by atoms with Gasteiger partial charge in [0.15, 0.2) is 0 Å². The molecule has 0 saturated heterocycles. The molecule has 1 aromatic rings. The van der Waals surface area contributed by atoms with Crippen molar-refractivity contribution < 1.29 is 8.76 Å². The number of aromatic nitrogens is 4. The van der Waals surface area contributed by atoms with Gasteiger partial charge in [-0.25, -0.2) is 8.89 Å². The molecule has 2 unspecified atom stereocenters. The highest BCUT2D eigenvalue weighted by atomic mass is 127. The molecule has 200 valence electrons. The number of aryl methyl sites for hydroxylation is 1. The maximum absolute atomic E-state index is 11.8. The number of alkyl halides is 1. The van der Waals surface area contributed by atoms with Crippen LogP contribution in [0.5, 0.6) is 0 Å². The summed E-state index contributed by atoms with van der Waals surface area (Å²) >= 11 is 2.23. The van der Waals surface area contributed by atoms with Crippen LogP contribution < -0.4 is 0 Å². The first kappa shape index (κ1) is 32.2. The molecule has 1 aromatic heterocycles. The molecule has 10 heteroatoms. The monoisotopic (exact) mass is 629 g/mol. The molecule has 2 atom stereocenters. The van der Waals surface area contributed by atoms with Gasteiger partial charge in [-0.05, 0) is 35.9 Å². The number of hydrogen-bond donors (Lipinski definition) is 1. The molecule has 0 aliphatic rings. The zero-order chi connectivity index (χ0) is 24.9. The van der Waals surface area contributed by atoms with Crippen LogP contribution >= 0.6 is 34.4 Å². The highest BCUT2D eigenvalue weighted by molar-refractivity contribution is 14.1. The van der Waals surface area contributed by atoms with E-state index in [9.17, 15) is 8.76 Å². The predicted octanol–water partition coefficient (Wildman–Crippen LogP) is 7.00. The number of unbranched alkanes of at least 4 members (excludes halogenated alkanes) is 13. The smallest absolute Gasteiger partial charge is 0.234 e. The molecule has 0 radical (unpaired) electrons.